The highest BCUT2D eigenvalue weighted by molar-refractivity contribution is 5.87. The molecule has 3 aromatic rings. The highest BCUT2D eigenvalue weighted by Gasteiger charge is 2.28. The van der Waals surface area contributed by atoms with Crippen molar-refractivity contribution in [2.75, 3.05) is 0 Å². The summed E-state index contributed by atoms with van der Waals surface area (Å²) < 4.78 is 0. The molecule has 0 saturated carbocycles. The average Bonchev–Trinajstić information content (AvgIpc) is 3.11. The predicted octanol–water partition coefficient (Wildman–Crippen LogP) is 7.67. The standard InChI is InChI=1S/C19H16.C6H6.C2H6/c1-3-15-16(4-2)19(14-10-6-5-7-11-14)18-13-9-8-12-17(15)18;1-2-4-6-5-3-1;1-2/h3-13,19H,1-2H2;1-6H;1-2H3. The third kappa shape index (κ3) is 4.74. The first-order valence-electron chi connectivity index (χ1n) is 9.50. The van der Waals surface area contributed by atoms with E-state index < -0.39 is 0 Å². The van der Waals surface area contributed by atoms with Gasteiger partial charge in [0.2, 0.25) is 0 Å². The van der Waals surface area contributed by atoms with Crippen LogP contribution in [0.1, 0.15) is 36.5 Å². The van der Waals surface area contributed by atoms with Crippen molar-refractivity contribution >= 4 is 5.57 Å². The third-order valence-corrected chi connectivity index (χ3v) is 4.41. The van der Waals surface area contributed by atoms with Gasteiger partial charge in [-0.15, -0.1) is 0 Å². The molecule has 0 aromatic heterocycles. The van der Waals surface area contributed by atoms with Crippen molar-refractivity contribution in [1.82, 2.24) is 0 Å². The third-order valence-electron chi connectivity index (χ3n) is 4.41. The van der Waals surface area contributed by atoms with Gasteiger partial charge in [0.05, 0.1) is 0 Å². The lowest BCUT2D eigenvalue weighted by molar-refractivity contribution is 1.01. The maximum atomic E-state index is 3.99. The average molecular weight is 353 g/mol. The van der Waals surface area contributed by atoms with Crippen LogP contribution in [-0.2, 0) is 0 Å². The van der Waals surface area contributed by atoms with Gasteiger partial charge in [-0.3, -0.25) is 0 Å². The molecule has 0 fully saturated rings. The second-order valence-electron chi connectivity index (χ2n) is 5.86. The van der Waals surface area contributed by atoms with Crippen LogP contribution in [0.25, 0.3) is 5.57 Å². The summed E-state index contributed by atoms with van der Waals surface area (Å²) in [4.78, 5) is 0. The molecule has 0 radical (unpaired) electrons. The fourth-order valence-electron chi connectivity index (χ4n) is 3.32. The van der Waals surface area contributed by atoms with Gasteiger partial charge in [-0.25, -0.2) is 0 Å². The summed E-state index contributed by atoms with van der Waals surface area (Å²) in [5.74, 6) is 0.280. The number of fused-ring (bicyclic) bond motifs is 1. The Labute approximate surface area is 164 Å². The highest BCUT2D eigenvalue weighted by Crippen LogP contribution is 2.46. The molecule has 0 aliphatic heterocycles. The first-order chi connectivity index (χ1) is 13.4. The molecule has 0 amide bonds. The van der Waals surface area contributed by atoms with Gasteiger partial charge in [0.15, 0.2) is 0 Å². The van der Waals surface area contributed by atoms with Crippen molar-refractivity contribution < 1.29 is 0 Å². The van der Waals surface area contributed by atoms with E-state index in [1.807, 2.05) is 62.4 Å². The Hall–Kier alpha value is -3.12. The molecule has 1 aliphatic rings. The maximum Gasteiger partial charge on any atom is 0.0352 e. The van der Waals surface area contributed by atoms with Gasteiger partial charge in [0, 0.05) is 5.92 Å². The Morgan fingerprint density at radius 2 is 1.11 bits per heavy atom. The van der Waals surface area contributed by atoms with Crippen LogP contribution in [0.3, 0.4) is 0 Å². The summed E-state index contributed by atoms with van der Waals surface area (Å²) in [5.41, 5.74) is 6.39. The number of rotatable bonds is 3. The van der Waals surface area contributed by atoms with Crippen LogP contribution >= 0.6 is 0 Å². The molecular weight excluding hydrogens is 324 g/mol. The molecule has 1 unspecified atom stereocenters. The number of allylic oxidation sites excluding steroid dienone is 4. The van der Waals surface area contributed by atoms with Crippen LogP contribution in [0.5, 0.6) is 0 Å². The number of hydrogen-bond donors (Lipinski definition) is 0. The Morgan fingerprint density at radius 1 is 0.630 bits per heavy atom. The highest BCUT2D eigenvalue weighted by atomic mass is 14.3. The Morgan fingerprint density at radius 3 is 1.63 bits per heavy atom. The quantitative estimate of drug-likeness (QED) is 0.453. The summed E-state index contributed by atoms with van der Waals surface area (Å²) >= 11 is 0. The minimum absolute atomic E-state index is 0.280. The molecule has 3 aromatic carbocycles. The van der Waals surface area contributed by atoms with Gasteiger partial charge < -0.3 is 0 Å². The monoisotopic (exact) mass is 352 g/mol. The van der Waals surface area contributed by atoms with E-state index in [1.165, 1.54) is 27.8 Å². The molecule has 0 bridgehead atoms. The molecule has 0 spiro atoms. The van der Waals surface area contributed by atoms with Gasteiger partial charge >= 0.3 is 0 Å². The fourth-order valence-corrected chi connectivity index (χ4v) is 3.32. The Kier molecular flexibility index (Phi) is 8.06. The number of hydrogen-bond acceptors (Lipinski definition) is 0. The molecule has 1 aliphatic carbocycles. The molecular formula is C27H28. The molecule has 0 nitrogen and oxygen atoms in total. The molecule has 27 heavy (non-hydrogen) atoms. The lowest BCUT2D eigenvalue weighted by Crippen LogP contribution is -1.99. The van der Waals surface area contributed by atoms with Crippen LogP contribution in [0, 0.1) is 0 Å². The van der Waals surface area contributed by atoms with Crippen LogP contribution in [0.2, 0.25) is 0 Å². The minimum atomic E-state index is 0.280. The predicted molar refractivity (Wildman–Crippen MR) is 120 cm³/mol. The van der Waals surface area contributed by atoms with E-state index in [0.29, 0.717) is 0 Å². The molecule has 0 heteroatoms. The summed E-state index contributed by atoms with van der Waals surface area (Å²) in [5, 5.41) is 0. The van der Waals surface area contributed by atoms with Crippen molar-refractivity contribution in [3.8, 4) is 0 Å². The van der Waals surface area contributed by atoms with Crippen LogP contribution < -0.4 is 0 Å². The zero-order chi connectivity index (χ0) is 19.5. The molecule has 0 saturated heterocycles. The lowest BCUT2D eigenvalue weighted by atomic mass is 9.88. The zero-order valence-electron chi connectivity index (χ0n) is 16.3. The van der Waals surface area contributed by atoms with Crippen molar-refractivity contribution in [2.24, 2.45) is 0 Å². The molecule has 0 N–H and O–H groups in total. The van der Waals surface area contributed by atoms with Crippen molar-refractivity contribution in [2.45, 2.75) is 19.8 Å². The Bertz CT molecular complexity index is 843. The second-order valence-corrected chi connectivity index (χ2v) is 5.86. The first-order valence-corrected chi connectivity index (χ1v) is 9.50. The van der Waals surface area contributed by atoms with Gasteiger partial charge in [0.25, 0.3) is 0 Å². The van der Waals surface area contributed by atoms with Gasteiger partial charge in [0.1, 0.15) is 0 Å². The van der Waals surface area contributed by atoms with Gasteiger partial charge in [-0.05, 0) is 27.8 Å². The van der Waals surface area contributed by atoms with Crippen LogP contribution in [0.4, 0.5) is 0 Å². The van der Waals surface area contributed by atoms with E-state index >= 15 is 0 Å². The second kappa shape index (κ2) is 10.8. The van der Waals surface area contributed by atoms with E-state index in [0.717, 1.165) is 0 Å². The van der Waals surface area contributed by atoms with Gasteiger partial charge in [-0.2, -0.15) is 0 Å². The van der Waals surface area contributed by atoms with Crippen molar-refractivity contribution in [1.29, 1.82) is 0 Å². The smallest absolute Gasteiger partial charge is 0.0352 e. The summed E-state index contributed by atoms with van der Waals surface area (Å²) in [6.07, 6.45) is 3.91. The SMILES string of the molecule is C=CC1=C(C=C)C(c2ccccc2)c2ccccc21.CC.c1ccccc1. The molecule has 0 heterocycles. The summed E-state index contributed by atoms with van der Waals surface area (Å²) in [6.45, 7) is 12.0. The summed E-state index contributed by atoms with van der Waals surface area (Å²) in [7, 11) is 0. The van der Waals surface area contributed by atoms with Crippen molar-refractivity contribution in [3.63, 3.8) is 0 Å². The molecule has 4 rings (SSSR count). The van der Waals surface area contributed by atoms with Crippen LogP contribution in [0.15, 0.2) is 122 Å². The van der Waals surface area contributed by atoms with E-state index in [9.17, 15) is 0 Å². The normalized spacial score (nSPS) is 14.1. The summed E-state index contributed by atoms with van der Waals surface area (Å²) in [6, 6.07) is 31.1. The Balaban J connectivity index is 0.000000275. The van der Waals surface area contributed by atoms with Crippen LogP contribution in [-0.4, -0.2) is 0 Å². The topological polar surface area (TPSA) is 0 Å². The fraction of sp³-hybridized carbons (Fsp3) is 0.111. The minimum Gasteiger partial charge on any atom is -0.0987 e. The van der Waals surface area contributed by atoms with E-state index in [-0.39, 0.29) is 5.92 Å². The maximum absolute atomic E-state index is 3.99. The lowest BCUT2D eigenvalue weighted by Gasteiger charge is -2.15. The first kappa shape index (κ1) is 20.2. The van der Waals surface area contributed by atoms with Crippen molar-refractivity contribution in [3.05, 3.63) is 139 Å². The largest absolute Gasteiger partial charge is 0.0987 e. The zero-order valence-corrected chi connectivity index (χ0v) is 16.3. The molecule has 1 atom stereocenters. The number of benzene rings is 3. The van der Waals surface area contributed by atoms with E-state index in [4.69, 9.17) is 0 Å². The van der Waals surface area contributed by atoms with E-state index in [1.54, 1.807) is 0 Å². The van der Waals surface area contributed by atoms with E-state index in [2.05, 4.69) is 67.8 Å². The molecule has 136 valence electrons. The van der Waals surface area contributed by atoms with Gasteiger partial charge in [-0.1, -0.05) is 130 Å².